The van der Waals surface area contributed by atoms with Gasteiger partial charge in [-0.2, -0.15) is 0 Å². The van der Waals surface area contributed by atoms with E-state index >= 15 is 0 Å². The van der Waals surface area contributed by atoms with E-state index in [0.29, 0.717) is 0 Å². The summed E-state index contributed by atoms with van der Waals surface area (Å²) in [5, 5.41) is 0. The molecule has 40 heavy (non-hydrogen) atoms. The van der Waals surface area contributed by atoms with Crippen molar-refractivity contribution in [2.24, 2.45) is 11.7 Å². The lowest BCUT2D eigenvalue weighted by Gasteiger charge is -2.39. The standard InChI is InChI=1S/C38H79N.HI/c1-5-9-13-17-21-22-23-24-26-30-34-37(33-29-25-18-14-10-6-2)38(39,35-31-27-19-15-11-7-3)36-32-28-20-16-12-8-4;/h37H,5-36,39H2,1-4H3;1H. The third kappa shape index (κ3) is 27.5. The van der Waals surface area contributed by atoms with Gasteiger partial charge in [0.15, 0.2) is 0 Å². The molecule has 1 atom stereocenters. The van der Waals surface area contributed by atoms with E-state index < -0.39 is 0 Å². The molecule has 0 aliphatic heterocycles. The van der Waals surface area contributed by atoms with Crippen LogP contribution in [-0.4, -0.2) is 5.54 Å². The van der Waals surface area contributed by atoms with Gasteiger partial charge in [0, 0.05) is 5.54 Å². The van der Waals surface area contributed by atoms with Gasteiger partial charge in [0.25, 0.3) is 0 Å². The van der Waals surface area contributed by atoms with Crippen LogP contribution in [-0.2, 0) is 0 Å². The van der Waals surface area contributed by atoms with Crippen LogP contribution in [0.1, 0.15) is 233 Å². The van der Waals surface area contributed by atoms with Gasteiger partial charge in [0.2, 0.25) is 0 Å². The van der Waals surface area contributed by atoms with E-state index in [9.17, 15) is 0 Å². The monoisotopic (exact) mass is 678 g/mol. The molecule has 0 aromatic rings. The normalized spacial score (nSPS) is 12.5. The Hall–Kier alpha value is 0.690. The Bertz CT molecular complexity index is 435. The highest BCUT2D eigenvalue weighted by atomic mass is 127. The van der Waals surface area contributed by atoms with E-state index in [1.807, 2.05) is 0 Å². The van der Waals surface area contributed by atoms with Crippen molar-refractivity contribution in [3.05, 3.63) is 0 Å². The molecule has 0 radical (unpaired) electrons. The van der Waals surface area contributed by atoms with Crippen LogP contribution in [0.5, 0.6) is 0 Å². The number of hydrogen-bond donors (Lipinski definition) is 1. The fourth-order valence-corrected chi connectivity index (χ4v) is 6.77. The van der Waals surface area contributed by atoms with Crippen LogP contribution in [0.25, 0.3) is 0 Å². The minimum Gasteiger partial charge on any atom is -0.325 e. The summed E-state index contributed by atoms with van der Waals surface area (Å²) in [7, 11) is 0. The van der Waals surface area contributed by atoms with Crippen molar-refractivity contribution in [3.63, 3.8) is 0 Å². The molecule has 1 unspecified atom stereocenters. The van der Waals surface area contributed by atoms with Crippen molar-refractivity contribution in [1.29, 1.82) is 0 Å². The molecule has 0 rings (SSSR count). The highest BCUT2D eigenvalue weighted by Gasteiger charge is 2.33. The van der Waals surface area contributed by atoms with Gasteiger partial charge < -0.3 is 5.73 Å². The molecule has 2 N–H and O–H groups in total. The molecular formula is C38H80IN. The Morgan fingerprint density at radius 3 is 0.850 bits per heavy atom. The van der Waals surface area contributed by atoms with Gasteiger partial charge in [0.1, 0.15) is 0 Å². The van der Waals surface area contributed by atoms with Gasteiger partial charge in [-0.15, -0.1) is 24.0 Å². The zero-order chi connectivity index (χ0) is 28.7. The molecule has 0 bridgehead atoms. The molecule has 0 heterocycles. The van der Waals surface area contributed by atoms with E-state index in [1.54, 1.807) is 0 Å². The second kappa shape index (κ2) is 34.2. The van der Waals surface area contributed by atoms with Crippen LogP contribution >= 0.6 is 24.0 Å². The van der Waals surface area contributed by atoms with E-state index in [1.165, 1.54) is 205 Å². The highest BCUT2D eigenvalue weighted by molar-refractivity contribution is 14.0. The maximum absolute atomic E-state index is 7.51. The van der Waals surface area contributed by atoms with Crippen molar-refractivity contribution in [2.45, 2.75) is 239 Å². The summed E-state index contributed by atoms with van der Waals surface area (Å²) >= 11 is 0. The van der Waals surface area contributed by atoms with Crippen molar-refractivity contribution in [2.75, 3.05) is 0 Å². The summed E-state index contributed by atoms with van der Waals surface area (Å²) in [6.07, 6.45) is 44.9. The molecule has 0 aliphatic rings. The highest BCUT2D eigenvalue weighted by Crippen LogP contribution is 2.35. The summed E-state index contributed by atoms with van der Waals surface area (Å²) in [6, 6.07) is 0. The average Bonchev–Trinajstić information content (AvgIpc) is 2.94. The Morgan fingerprint density at radius 2 is 0.575 bits per heavy atom. The third-order valence-corrected chi connectivity index (χ3v) is 9.62. The molecule has 0 spiro atoms. The largest absolute Gasteiger partial charge is 0.325 e. The fraction of sp³-hybridized carbons (Fsp3) is 1.00. The molecule has 2 heteroatoms. The lowest BCUT2D eigenvalue weighted by molar-refractivity contribution is 0.189. The predicted molar refractivity (Wildman–Crippen MR) is 196 cm³/mol. The molecular weight excluding hydrogens is 597 g/mol. The zero-order valence-electron chi connectivity index (χ0n) is 28.7. The van der Waals surface area contributed by atoms with E-state index in [-0.39, 0.29) is 29.5 Å². The first-order valence-electron chi connectivity index (χ1n) is 18.9. The number of unbranched alkanes of at least 4 members (excludes halogenated alkanes) is 24. The summed E-state index contributed by atoms with van der Waals surface area (Å²) in [5.74, 6) is 0.754. The lowest BCUT2D eigenvalue weighted by Crippen LogP contribution is -2.47. The van der Waals surface area contributed by atoms with Crippen molar-refractivity contribution < 1.29 is 0 Å². The van der Waals surface area contributed by atoms with Crippen LogP contribution in [0.3, 0.4) is 0 Å². The first-order valence-corrected chi connectivity index (χ1v) is 18.9. The Labute approximate surface area is 273 Å². The number of hydrogen-bond acceptors (Lipinski definition) is 1. The van der Waals surface area contributed by atoms with Crippen molar-refractivity contribution in [1.82, 2.24) is 0 Å². The number of nitrogens with two attached hydrogens (primary N) is 1. The second-order valence-corrected chi connectivity index (χ2v) is 13.5. The zero-order valence-corrected chi connectivity index (χ0v) is 31.0. The van der Waals surface area contributed by atoms with Gasteiger partial charge >= 0.3 is 0 Å². The van der Waals surface area contributed by atoms with Crippen molar-refractivity contribution >= 4 is 24.0 Å². The summed E-state index contributed by atoms with van der Waals surface area (Å²) in [5.41, 5.74) is 7.60. The van der Waals surface area contributed by atoms with Crippen LogP contribution in [0.2, 0.25) is 0 Å². The molecule has 0 amide bonds. The topological polar surface area (TPSA) is 26.0 Å². The second-order valence-electron chi connectivity index (χ2n) is 13.5. The van der Waals surface area contributed by atoms with Gasteiger partial charge in [-0.3, -0.25) is 0 Å². The van der Waals surface area contributed by atoms with Crippen LogP contribution in [0, 0.1) is 5.92 Å². The number of halogens is 1. The Balaban J connectivity index is 0. The van der Waals surface area contributed by atoms with Crippen LogP contribution in [0.4, 0.5) is 0 Å². The SMILES string of the molecule is CCCCCCCCCCCCC(CCCCCCCC)C(N)(CCCCCCCC)CCCCCCCC.I. The summed E-state index contributed by atoms with van der Waals surface area (Å²) in [4.78, 5) is 0. The van der Waals surface area contributed by atoms with Gasteiger partial charge in [-0.05, 0) is 31.6 Å². The molecule has 0 saturated heterocycles. The average molecular weight is 678 g/mol. The molecule has 0 aromatic carbocycles. The molecule has 0 saturated carbocycles. The van der Waals surface area contributed by atoms with Crippen LogP contribution in [0.15, 0.2) is 0 Å². The molecule has 0 aliphatic carbocycles. The van der Waals surface area contributed by atoms with Gasteiger partial charge in [0.05, 0.1) is 0 Å². The first kappa shape index (κ1) is 42.8. The summed E-state index contributed by atoms with van der Waals surface area (Å²) < 4.78 is 0. The molecule has 0 aromatic heterocycles. The minimum atomic E-state index is 0. The summed E-state index contributed by atoms with van der Waals surface area (Å²) in [6.45, 7) is 9.30. The maximum atomic E-state index is 7.51. The number of rotatable bonds is 33. The molecule has 244 valence electrons. The quantitative estimate of drug-likeness (QED) is 0.0543. The van der Waals surface area contributed by atoms with Crippen LogP contribution < -0.4 is 5.73 Å². The van der Waals surface area contributed by atoms with Gasteiger partial charge in [-0.1, -0.05) is 207 Å². The minimum absolute atomic E-state index is 0. The molecule has 0 fully saturated rings. The first-order chi connectivity index (χ1) is 19.1. The van der Waals surface area contributed by atoms with Gasteiger partial charge in [-0.25, -0.2) is 0 Å². The molecule has 1 nitrogen and oxygen atoms in total. The van der Waals surface area contributed by atoms with E-state index in [0.717, 1.165) is 5.92 Å². The Kier molecular flexibility index (Phi) is 36.6. The smallest absolute Gasteiger partial charge is 0.0182 e. The Morgan fingerprint density at radius 1 is 0.350 bits per heavy atom. The third-order valence-electron chi connectivity index (χ3n) is 9.62. The maximum Gasteiger partial charge on any atom is 0.0182 e. The van der Waals surface area contributed by atoms with E-state index in [2.05, 4.69) is 27.7 Å². The predicted octanol–water partition coefficient (Wildman–Crippen LogP) is 14.5. The fourth-order valence-electron chi connectivity index (χ4n) is 6.77. The lowest BCUT2D eigenvalue weighted by atomic mass is 9.72. The van der Waals surface area contributed by atoms with E-state index in [4.69, 9.17) is 5.73 Å². The van der Waals surface area contributed by atoms with Crippen molar-refractivity contribution in [3.8, 4) is 0 Å².